The zero-order valence-corrected chi connectivity index (χ0v) is 9.49. The van der Waals surface area contributed by atoms with Crippen molar-refractivity contribution in [3.8, 4) is 0 Å². The standard InChI is InChI=1S/C12H17N3O/c1-7-8(6-14-15-7)5-13-12(16)11-9-3-2-4-10(9)11/h6,9-11H,2-5H2,1H3,(H,13,16)(H,14,15). The topological polar surface area (TPSA) is 57.8 Å². The molecule has 1 heterocycles. The van der Waals surface area contributed by atoms with E-state index in [-0.39, 0.29) is 5.91 Å². The highest BCUT2D eigenvalue weighted by Crippen LogP contribution is 2.57. The predicted molar refractivity (Wildman–Crippen MR) is 59.5 cm³/mol. The zero-order chi connectivity index (χ0) is 11.1. The van der Waals surface area contributed by atoms with Crippen LogP contribution >= 0.6 is 0 Å². The molecular weight excluding hydrogens is 202 g/mol. The monoisotopic (exact) mass is 219 g/mol. The predicted octanol–water partition coefficient (Wildman–Crippen LogP) is 1.38. The summed E-state index contributed by atoms with van der Waals surface area (Å²) in [4.78, 5) is 11.9. The molecule has 0 aromatic carbocycles. The van der Waals surface area contributed by atoms with Gasteiger partial charge in [0, 0.05) is 23.7 Å². The van der Waals surface area contributed by atoms with Crippen molar-refractivity contribution in [1.82, 2.24) is 15.5 Å². The molecule has 2 N–H and O–H groups in total. The van der Waals surface area contributed by atoms with Gasteiger partial charge in [-0.15, -0.1) is 0 Å². The van der Waals surface area contributed by atoms with Gasteiger partial charge in [-0.2, -0.15) is 5.10 Å². The molecule has 1 aromatic heterocycles. The number of nitrogens with zero attached hydrogens (tertiary/aromatic N) is 1. The molecule has 2 fully saturated rings. The second kappa shape index (κ2) is 3.61. The molecule has 16 heavy (non-hydrogen) atoms. The molecule has 2 unspecified atom stereocenters. The molecule has 2 aliphatic carbocycles. The molecule has 2 saturated carbocycles. The summed E-state index contributed by atoms with van der Waals surface area (Å²) in [7, 11) is 0. The van der Waals surface area contributed by atoms with Crippen LogP contribution in [0, 0.1) is 24.7 Å². The van der Waals surface area contributed by atoms with Gasteiger partial charge in [0.1, 0.15) is 0 Å². The van der Waals surface area contributed by atoms with Gasteiger partial charge in [0.15, 0.2) is 0 Å². The lowest BCUT2D eigenvalue weighted by molar-refractivity contribution is -0.123. The van der Waals surface area contributed by atoms with Crippen LogP contribution in [0.15, 0.2) is 6.20 Å². The highest BCUT2D eigenvalue weighted by atomic mass is 16.2. The van der Waals surface area contributed by atoms with Crippen molar-refractivity contribution in [3.63, 3.8) is 0 Å². The van der Waals surface area contributed by atoms with E-state index in [0.29, 0.717) is 24.3 Å². The Balaban J connectivity index is 1.53. The summed E-state index contributed by atoms with van der Waals surface area (Å²) in [5, 5.41) is 9.83. The molecule has 0 aliphatic heterocycles. The van der Waals surface area contributed by atoms with Crippen molar-refractivity contribution in [2.75, 3.05) is 0 Å². The van der Waals surface area contributed by atoms with Gasteiger partial charge in [-0.3, -0.25) is 9.89 Å². The van der Waals surface area contributed by atoms with Crippen molar-refractivity contribution in [2.45, 2.75) is 32.7 Å². The Morgan fingerprint density at radius 3 is 2.94 bits per heavy atom. The van der Waals surface area contributed by atoms with E-state index in [1.54, 1.807) is 6.20 Å². The molecule has 1 amide bonds. The number of hydrogen-bond donors (Lipinski definition) is 2. The summed E-state index contributed by atoms with van der Waals surface area (Å²) in [5.41, 5.74) is 2.12. The molecule has 3 rings (SSSR count). The van der Waals surface area contributed by atoms with Crippen molar-refractivity contribution in [3.05, 3.63) is 17.5 Å². The van der Waals surface area contributed by atoms with E-state index in [0.717, 1.165) is 11.3 Å². The van der Waals surface area contributed by atoms with Crippen LogP contribution < -0.4 is 5.32 Å². The van der Waals surface area contributed by atoms with E-state index >= 15 is 0 Å². The average molecular weight is 219 g/mol. The van der Waals surface area contributed by atoms with E-state index in [4.69, 9.17) is 0 Å². The normalized spacial score (nSPS) is 31.2. The quantitative estimate of drug-likeness (QED) is 0.807. The van der Waals surface area contributed by atoms with Crippen LogP contribution in [0.3, 0.4) is 0 Å². The largest absolute Gasteiger partial charge is 0.352 e. The molecule has 2 atom stereocenters. The Bertz CT molecular complexity index is 402. The minimum absolute atomic E-state index is 0.246. The number of carbonyl (C=O) groups is 1. The highest BCUT2D eigenvalue weighted by molar-refractivity contribution is 5.82. The van der Waals surface area contributed by atoms with Gasteiger partial charge in [-0.05, 0) is 31.6 Å². The molecule has 4 nitrogen and oxygen atoms in total. The number of hydrogen-bond acceptors (Lipinski definition) is 2. The number of H-pyrrole nitrogens is 1. The van der Waals surface area contributed by atoms with Crippen molar-refractivity contribution in [1.29, 1.82) is 0 Å². The first-order chi connectivity index (χ1) is 7.77. The van der Waals surface area contributed by atoms with Gasteiger partial charge in [-0.1, -0.05) is 6.42 Å². The fourth-order valence-electron chi connectivity index (χ4n) is 3.06. The van der Waals surface area contributed by atoms with Crippen molar-refractivity contribution < 1.29 is 4.79 Å². The summed E-state index contributed by atoms with van der Waals surface area (Å²) in [6.07, 6.45) is 5.62. The third kappa shape index (κ3) is 1.52. The van der Waals surface area contributed by atoms with Gasteiger partial charge >= 0.3 is 0 Å². The number of fused-ring (bicyclic) bond motifs is 1. The maximum absolute atomic E-state index is 11.9. The number of aryl methyl sites for hydroxylation is 1. The second-order valence-electron chi connectivity index (χ2n) is 5.02. The molecule has 0 saturated heterocycles. The van der Waals surface area contributed by atoms with Gasteiger partial charge in [-0.25, -0.2) is 0 Å². The number of amides is 1. The van der Waals surface area contributed by atoms with Crippen LogP contribution in [0.2, 0.25) is 0 Å². The lowest BCUT2D eigenvalue weighted by Crippen LogP contribution is -2.26. The summed E-state index contributed by atoms with van der Waals surface area (Å²) in [6, 6.07) is 0. The summed E-state index contributed by atoms with van der Waals surface area (Å²) >= 11 is 0. The lowest BCUT2D eigenvalue weighted by Gasteiger charge is -2.05. The fourth-order valence-corrected chi connectivity index (χ4v) is 3.06. The van der Waals surface area contributed by atoms with Crippen molar-refractivity contribution >= 4 is 5.91 Å². The average Bonchev–Trinajstić information content (AvgIpc) is 2.67. The van der Waals surface area contributed by atoms with E-state index in [1.165, 1.54) is 19.3 Å². The Kier molecular flexibility index (Phi) is 2.23. The maximum atomic E-state index is 11.9. The first-order valence-electron chi connectivity index (χ1n) is 6.04. The number of carbonyl (C=O) groups excluding carboxylic acids is 1. The first kappa shape index (κ1) is 9.87. The van der Waals surface area contributed by atoms with E-state index < -0.39 is 0 Å². The Morgan fingerprint density at radius 2 is 2.31 bits per heavy atom. The number of nitrogens with one attached hydrogen (secondary N) is 2. The van der Waals surface area contributed by atoms with Crippen LogP contribution in [0.4, 0.5) is 0 Å². The molecule has 1 aromatic rings. The SMILES string of the molecule is Cc1[nH]ncc1CNC(=O)C1C2CCCC21. The molecular formula is C12H17N3O. The van der Waals surface area contributed by atoms with Gasteiger partial charge in [0.05, 0.1) is 6.20 Å². The second-order valence-corrected chi connectivity index (χ2v) is 5.02. The van der Waals surface area contributed by atoms with E-state index in [2.05, 4.69) is 15.5 Å². The van der Waals surface area contributed by atoms with E-state index in [1.807, 2.05) is 6.92 Å². The fraction of sp³-hybridized carbons (Fsp3) is 0.667. The Labute approximate surface area is 94.8 Å². The minimum atomic E-state index is 0.246. The van der Waals surface area contributed by atoms with Crippen LogP contribution in [-0.4, -0.2) is 16.1 Å². The molecule has 4 heteroatoms. The molecule has 2 aliphatic rings. The molecule has 0 bridgehead atoms. The van der Waals surface area contributed by atoms with Crippen LogP contribution in [0.25, 0.3) is 0 Å². The smallest absolute Gasteiger partial charge is 0.223 e. The number of aromatic nitrogens is 2. The Hall–Kier alpha value is -1.32. The molecule has 0 radical (unpaired) electrons. The van der Waals surface area contributed by atoms with Gasteiger partial charge in [0.2, 0.25) is 5.91 Å². The number of aromatic amines is 1. The van der Waals surface area contributed by atoms with Crippen LogP contribution in [-0.2, 0) is 11.3 Å². The molecule has 86 valence electrons. The van der Waals surface area contributed by atoms with Gasteiger partial charge in [0.25, 0.3) is 0 Å². The maximum Gasteiger partial charge on any atom is 0.223 e. The van der Waals surface area contributed by atoms with Crippen LogP contribution in [0.1, 0.15) is 30.5 Å². The zero-order valence-electron chi connectivity index (χ0n) is 9.49. The van der Waals surface area contributed by atoms with Crippen LogP contribution in [0.5, 0.6) is 0 Å². The first-order valence-corrected chi connectivity index (χ1v) is 6.04. The third-order valence-electron chi connectivity index (χ3n) is 4.10. The summed E-state index contributed by atoms with van der Waals surface area (Å²) < 4.78 is 0. The summed E-state index contributed by atoms with van der Waals surface area (Å²) in [6.45, 7) is 2.58. The minimum Gasteiger partial charge on any atom is -0.352 e. The van der Waals surface area contributed by atoms with Crippen molar-refractivity contribution in [2.24, 2.45) is 17.8 Å². The lowest BCUT2D eigenvalue weighted by atomic mass is 10.1. The molecule has 0 spiro atoms. The summed E-state index contributed by atoms with van der Waals surface area (Å²) in [5.74, 6) is 1.96. The third-order valence-corrected chi connectivity index (χ3v) is 4.10. The highest BCUT2D eigenvalue weighted by Gasteiger charge is 2.56. The van der Waals surface area contributed by atoms with E-state index in [9.17, 15) is 4.79 Å². The number of rotatable bonds is 3. The Morgan fingerprint density at radius 1 is 1.56 bits per heavy atom. The van der Waals surface area contributed by atoms with Gasteiger partial charge < -0.3 is 5.32 Å².